The lowest BCUT2D eigenvalue weighted by atomic mass is 10.1. The van der Waals surface area contributed by atoms with Crippen molar-refractivity contribution >= 4 is 23.3 Å². The lowest BCUT2D eigenvalue weighted by molar-refractivity contribution is 0.0342. The number of carbonyl (C=O) groups excluding carboxylic acids is 1. The summed E-state index contributed by atoms with van der Waals surface area (Å²) < 4.78 is 6.83. The highest BCUT2D eigenvalue weighted by Crippen LogP contribution is 2.21. The fraction of sp³-hybridized carbons (Fsp3) is 0.368. The summed E-state index contributed by atoms with van der Waals surface area (Å²) in [6.45, 7) is 5.98. The van der Waals surface area contributed by atoms with Gasteiger partial charge in [0.25, 0.3) is 11.7 Å². The largest absolute Gasteiger partial charge is 0.379 e. The van der Waals surface area contributed by atoms with Crippen molar-refractivity contribution in [1.82, 2.24) is 29.8 Å². The average molecular weight is 401 g/mol. The van der Waals surface area contributed by atoms with Gasteiger partial charge in [-0.3, -0.25) is 9.69 Å². The topological polar surface area (TPSA) is 84.6 Å². The second-order valence-electron chi connectivity index (χ2n) is 6.79. The summed E-state index contributed by atoms with van der Waals surface area (Å²) in [5, 5.41) is 7.84. The number of amides is 1. The monoisotopic (exact) mass is 400 g/mol. The molecule has 0 bridgehead atoms. The summed E-state index contributed by atoms with van der Waals surface area (Å²) >= 11 is 5.97. The Morgan fingerprint density at radius 2 is 2.04 bits per heavy atom. The first-order valence-corrected chi connectivity index (χ1v) is 9.55. The molecule has 1 aliphatic rings. The number of nitrogens with zero attached hydrogens (tertiary/aromatic N) is 5. The number of nitrogens with one attached hydrogen (secondary N) is 1. The molecule has 1 saturated heterocycles. The van der Waals surface area contributed by atoms with Crippen LogP contribution in [0.5, 0.6) is 0 Å². The van der Waals surface area contributed by atoms with Gasteiger partial charge in [0.05, 0.1) is 18.9 Å². The number of rotatable bonds is 5. The molecule has 1 aromatic carbocycles. The molecule has 0 spiro atoms. The van der Waals surface area contributed by atoms with Crippen LogP contribution in [0.2, 0.25) is 5.02 Å². The number of aromatic nitrogens is 4. The van der Waals surface area contributed by atoms with E-state index in [2.05, 4.69) is 25.3 Å². The highest BCUT2D eigenvalue weighted by Gasteiger charge is 2.19. The van der Waals surface area contributed by atoms with Crippen molar-refractivity contribution in [3.8, 4) is 11.3 Å². The molecule has 8 nitrogen and oxygen atoms in total. The Morgan fingerprint density at radius 3 is 2.79 bits per heavy atom. The molecule has 0 aliphatic carbocycles. The van der Waals surface area contributed by atoms with Crippen LogP contribution in [0, 0.1) is 0 Å². The van der Waals surface area contributed by atoms with E-state index in [-0.39, 0.29) is 11.9 Å². The van der Waals surface area contributed by atoms with Gasteiger partial charge in [0.2, 0.25) is 0 Å². The Bertz CT molecular complexity index is 968. The van der Waals surface area contributed by atoms with Crippen molar-refractivity contribution in [3.63, 3.8) is 0 Å². The Labute approximate surface area is 167 Å². The minimum Gasteiger partial charge on any atom is -0.379 e. The first-order chi connectivity index (χ1) is 13.6. The Kier molecular flexibility index (Phi) is 5.52. The number of morpholine rings is 1. The standard InChI is InChI=1S/C19H21ClN6O2/c1-13(11-25-6-8-28-9-7-25)23-18(27)17-10-16(14-2-4-15(20)5-3-14)24-19-21-12-22-26(17)19/h2-5,10,12-13H,6-9,11H2,1H3,(H,23,27)/t13-/m1/s1. The van der Waals surface area contributed by atoms with E-state index in [1.165, 1.54) is 10.8 Å². The summed E-state index contributed by atoms with van der Waals surface area (Å²) in [6.07, 6.45) is 1.39. The maximum Gasteiger partial charge on any atom is 0.270 e. The zero-order chi connectivity index (χ0) is 19.5. The quantitative estimate of drug-likeness (QED) is 0.704. The van der Waals surface area contributed by atoms with Gasteiger partial charge in [-0.2, -0.15) is 14.6 Å². The van der Waals surface area contributed by atoms with E-state index in [4.69, 9.17) is 16.3 Å². The summed E-state index contributed by atoms with van der Waals surface area (Å²) in [7, 11) is 0. The van der Waals surface area contributed by atoms with E-state index in [1.807, 2.05) is 19.1 Å². The molecule has 146 valence electrons. The van der Waals surface area contributed by atoms with E-state index in [1.54, 1.807) is 18.2 Å². The van der Waals surface area contributed by atoms with Crippen LogP contribution in [0.4, 0.5) is 0 Å². The normalized spacial score (nSPS) is 16.2. The number of hydrogen-bond acceptors (Lipinski definition) is 6. The lowest BCUT2D eigenvalue weighted by Crippen LogP contribution is -2.46. The number of halogens is 1. The number of carbonyl (C=O) groups is 1. The second-order valence-corrected chi connectivity index (χ2v) is 7.23. The number of hydrogen-bond donors (Lipinski definition) is 1. The maximum absolute atomic E-state index is 13.0. The minimum atomic E-state index is -0.214. The first-order valence-electron chi connectivity index (χ1n) is 9.18. The van der Waals surface area contributed by atoms with Gasteiger partial charge in [-0.1, -0.05) is 23.7 Å². The van der Waals surface area contributed by atoms with Gasteiger partial charge in [-0.25, -0.2) is 4.98 Å². The van der Waals surface area contributed by atoms with E-state index >= 15 is 0 Å². The zero-order valence-electron chi connectivity index (χ0n) is 15.5. The molecular weight excluding hydrogens is 380 g/mol. The van der Waals surface area contributed by atoms with Crippen LogP contribution in [-0.4, -0.2) is 69.3 Å². The molecule has 0 unspecified atom stereocenters. The molecule has 3 heterocycles. The van der Waals surface area contributed by atoms with Crippen LogP contribution in [0.1, 0.15) is 17.4 Å². The van der Waals surface area contributed by atoms with Crippen molar-refractivity contribution in [3.05, 3.63) is 47.4 Å². The zero-order valence-corrected chi connectivity index (χ0v) is 16.3. The molecule has 1 fully saturated rings. The third-order valence-electron chi connectivity index (χ3n) is 4.64. The SMILES string of the molecule is C[C@H](CN1CCOCC1)NC(=O)c1cc(-c2ccc(Cl)cc2)nc2ncnn12. The lowest BCUT2D eigenvalue weighted by Gasteiger charge is -2.29. The predicted molar refractivity (Wildman–Crippen MR) is 105 cm³/mol. The van der Waals surface area contributed by atoms with Crippen LogP contribution >= 0.6 is 11.6 Å². The van der Waals surface area contributed by atoms with Crippen molar-refractivity contribution < 1.29 is 9.53 Å². The minimum absolute atomic E-state index is 0.0173. The van der Waals surface area contributed by atoms with E-state index in [0.717, 1.165) is 38.4 Å². The van der Waals surface area contributed by atoms with Gasteiger partial charge in [-0.05, 0) is 25.1 Å². The third kappa shape index (κ3) is 4.14. The summed E-state index contributed by atoms with van der Waals surface area (Å²) in [6, 6.07) is 9.01. The van der Waals surface area contributed by atoms with Gasteiger partial charge >= 0.3 is 0 Å². The summed E-state index contributed by atoms with van der Waals surface area (Å²) in [5.74, 6) is 0.160. The van der Waals surface area contributed by atoms with Gasteiger partial charge in [0.1, 0.15) is 12.0 Å². The first kappa shape index (κ1) is 18.8. The molecule has 0 saturated carbocycles. The van der Waals surface area contributed by atoms with Crippen LogP contribution < -0.4 is 5.32 Å². The van der Waals surface area contributed by atoms with Gasteiger partial charge in [0, 0.05) is 36.3 Å². The number of ether oxygens (including phenoxy) is 1. The number of benzene rings is 1. The molecule has 1 aliphatic heterocycles. The molecule has 1 N–H and O–H groups in total. The van der Waals surface area contributed by atoms with E-state index in [9.17, 15) is 4.79 Å². The highest BCUT2D eigenvalue weighted by atomic mass is 35.5. The molecule has 1 atom stereocenters. The highest BCUT2D eigenvalue weighted by molar-refractivity contribution is 6.30. The summed E-state index contributed by atoms with van der Waals surface area (Å²) in [4.78, 5) is 23.9. The number of fused-ring (bicyclic) bond motifs is 1. The molecule has 28 heavy (non-hydrogen) atoms. The molecular formula is C19H21ClN6O2. The molecule has 0 radical (unpaired) electrons. The fourth-order valence-corrected chi connectivity index (χ4v) is 3.38. The Morgan fingerprint density at radius 1 is 1.29 bits per heavy atom. The summed E-state index contributed by atoms with van der Waals surface area (Å²) in [5.41, 5.74) is 1.88. The van der Waals surface area contributed by atoms with Crippen LogP contribution in [0.25, 0.3) is 17.0 Å². The molecule has 9 heteroatoms. The van der Waals surface area contributed by atoms with Gasteiger partial charge in [-0.15, -0.1) is 0 Å². The molecule has 2 aromatic heterocycles. The predicted octanol–water partition coefficient (Wildman–Crippen LogP) is 1.90. The fourth-order valence-electron chi connectivity index (χ4n) is 3.26. The smallest absolute Gasteiger partial charge is 0.270 e. The van der Waals surface area contributed by atoms with E-state index < -0.39 is 0 Å². The second kappa shape index (κ2) is 8.22. The van der Waals surface area contributed by atoms with Crippen molar-refractivity contribution in [2.24, 2.45) is 0 Å². The van der Waals surface area contributed by atoms with Crippen LogP contribution in [0.3, 0.4) is 0 Å². The van der Waals surface area contributed by atoms with Gasteiger partial charge in [0.15, 0.2) is 0 Å². The van der Waals surface area contributed by atoms with Crippen molar-refractivity contribution in [1.29, 1.82) is 0 Å². The molecule has 4 rings (SSSR count). The maximum atomic E-state index is 13.0. The molecule has 3 aromatic rings. The molecule has 1 amide bonds. The Hall–Kier alpha value is -2.55. The Balaban J connectivity index is 1.57. The average Bonchev–Trinajstić information content (AvgIpc) is 3.17. The third-order valence-corrected chi connectivity index (χ3v) is 4.89. The van der Waals surface area contributed by atoms with Crippen LogP contribution in [0.15, 0.2) is 36.7 Å². The van der Waals surface area contributed by atoms with E-state index in [0.29, 0.717) is 22.2 Å². The van der Waals surface area contributed by atoms with Crippen LogP contribution in [-0.2, 0) is 4.74 Å². The van der Waals surface area contributed by atoms with Crippen molar-refractivity contribution in [2.45, 2.75) is 13.0 Å². The van der Waals surface area contributed by atoms with Gasteiger partial charge < -0.3 is 10.1 Å². The van der Waals surface area contributed by atoms with Crippen molar-refractivity contribution in [2.75, 3.05) is 32.8 Å².